The van der Waals surface area contributed by atoms with Crippen molar-refractivity contribution < 1.29 is 22.4 Å². The zero-order chi connectivity index (χ0) is 23.5. The molecule has 2 aromatic rings. The quantitative estimate of drug-likeness (QED) is 0.716. The molecule has 172 valence electrons. The topological polar surface area (TPSA) is 86.8 Å². The average Bonchev–Trinajstić information content (AvgIpc) is 2.73. The number of benzene rings is 2. The van der Waals surface area contributed by atoms with E-state index < -0.39 is 28.3 Å². The van der Waals surface area contributed by atoms with Gasteiger partial charge in [-0.2, -0.15) is 4.31 Å². The lowest BCUT2D eigenvalue weighted by atomic mass is 9.91. The molecule has 0 radical (unpaired) electrons. The van der Waals surface area contributed by atoms with Crippen molar-refractivity contribution in [3.8, 4) is 0 Å². The maximum Gasteiger partial charge on any atom is 0.255 e. The van der Waals surface area contributed by atoms with Gasteiger partial charge in [0.05, 0.1) is 22.7 Å². The second kappa shape index (κ2) is 9.79. The normalized spacial score (nSPS) is 19.1. The van der Waals surface area contributed by atoms with E-state index >= 15 is 0 Å². The number of rotatable bonds is 6. The van der Waals surface area contributed by atoms with Gasteiger partial charge in [-0.1, -0.05) is 26.0 Å². The first-order valence-corrected chi connectivity index (χ1v) is 11.9. The van der Waals surface area contributed by atoms with E-state index in [-0.39, 0.29) is 10.8 Å². The number of nitrogens with one attached hydrogen (secondary N) is 1. The van der Waals surface area contributed by atoms with Crippen molar-refractivity contribution in [1.82, 2.24) is 9.21 Å². The lowest BCUT2D eigenvalue weighted by molar-refractivity contribution is -0.116. The first kappa shape index (κ1) is 23.9. The maximum atomic E-state index is 13.1. The second-order valence-electron chi connectivity index (χ2n) is 8.46. The number of likely N-dealkylation sites (N-methyl/N-ethyl adjacent to an activating group) is 1. The van der Waals surface area contributed by atoms with Gasteiger partial charge in [0.1, 0.15) is 5.82 Å². The van der Waals surface area contributed by atoms with Crippen LogP contribution in [-0.2, 0) is 14.8 Å². The number of para-hydroxylation sites is 1. The number of hydrogen-bond acceptors (Lipinski definition) is 4. The van der Waals surface area contributed by atoms with Crippen molar-refractivity contribution >= 4 is 27.5 Å². The minimum atomic E-state index is -3.97. The molecule has 0 spiro atoms. The van der Waals surface area contributed by atoms with Gasteiger partial charge in [0.15, 0.2) is 0 Å². The first-order valence-electron chi connectivity index (χ1n) is 10.5. The molecule has 1 aliphatic heterocycles. The zero-order valence-electron chi connectivity index (χ0n) is 18.4. The van der Waals surface area contributed by atoms with E-state index in [2.05, 4.69) is 19.2 Å². The molecule has 7 nitrogen and oxygen atoms in total. The fourth-order valence-corrected chi connectivity index (χ4v) is 5.17. The maximum absolute atomic E-state index is 13.1. The Kier molecular flexibility index (Phi) is 7.30. The van der Waals surface area contributed by atoms with Crippen LogP contribution < -0.4 is 5.32 Å². The molecular weight excluding hydrogens is 433 g/mol. The Labute approximate surface area is 188 Å². The van der Waals surface area contributed by atoms with Crippen LogP contribution in [0.5, 0.6) is 0 Å². The van der Waals surface area contributed by atoms with E-state index in [0.29, 0.717) is 36.2 Å². The predicted molar refractivity (Wildman–Crippen MR) is 120 cm³/mol. The van der Waals surface area contributed by atoms with E-state index in [9.17, 15) is 22.4 Å². The number of likely N-dealkylation sites (tertiary alicyclic amines) is 1. The zero-order valence-corrected chi connectivity index (χ0v) is 19.2. The summed E-state index contributed by atoms with van der Waals surface area (Å²) >= 11 is 0. The monoisotopic (exact) mass is 461 g/mol. The highest BCUT2D eigenvalue weighted by atomic mass is 32.2. The first-order chi connectivity index (χ1) is 15.1. The summed E-state index contributed by atoms with van der Waals surface area (Å²) in [5.41, 5.74) is 0.701. The fourth-order valence-electron chi connectivity index (χ4n) is 4.04. The van der Waals surface area contributed by atoms with E-state index in [1.807, 2.05) is 0 Å². The summed E-state index contributed by atoms with van der Waals surface area (Å²) in [5.74, 6) is -0.502. The van der Waals surface area contributed by atoms with E-state index in [0.717, 1.165) is 35.0 Å². The minimum Gasteiger partial charge on any atom is -0.338 e. The van der Waals surface area contributed by atoms with Gasteiger partial charge in [0.2, 0.25) is 15.9 Å². The fraction of sp³-hybridized carbons (Fsp3) is 0.391. The highest BCUT2D eigenvalue weighted by molar-refractivity contribution is 7.89. The number of nitrogens with zero attached hydrogens (tertiary/aromatic N) is 2. The Morgan fingerprint density at radius 1 is 1.06 bits per heavy atom. The molecular formula is C23H28FN3O4S. The van der Waals surface area contributed by atoms with Crippen LogP contribution in [0.15, 0.2) is 53.4 Å². The number of halogens is 1. The van der Waals surface area contributed by atoms with Crippen LogP contribution in [0, 0.1) is 17.7 Å². The molecule has 0 saturated carbocycles. The van der Waals surface area contributed by atoms with Crippen LogP contribution in [0.25, 0.3) is 0 Å². The van der Waals surface area contributed by atoms with Gasteiger partial charge in [-0.05, 0) is 54.7 Å². The Bertz CT molecular complexity index is 1080. The van der Waals surface area contributed by atoms with Crippen molar-refractivity contribution in [3.63, 3.8) is 0 Å². The third-order valence-electron chi connectivity index (χ3n) is 5.48. The highest BCUT2D eigenvalue weighted by Gasteiger charge is 2.28. The van der Waals surface area contributed by atoms with Gasteiger partial charge in [-0.25, -0.2) is 12.8 Å². The van der Waals surface area contributed by atoms with Crippen molar-refractivity contribution in [2.45, 2.75) is 25.2 Å². The molecule has 2 amide bonds. The molecule has 32 heavy (non-hydrogen) atoms. The number of carbonyl (C=O) groups is 2. The summed E-state index contributed by atoms with van der Waals surface area (Å²) in [6.45, 7) is 5.08. The third kappa shape index (κ3) is 5.52. The summed E-state index contributed by atoms with van der Waals surface area (Å²) in [4.78, 5) is 27.4. The minimum absolute atomic E-state index is 0.113. The number of anilines is 1. The molecule has 9 heteroatoms. The molecule has 2 unspecified atom stereocenters. The van der Waals surface area contributed by atoms with Gasteiger partial charge in [0.25, 0.3) is 5.91 Å². The van der Waals surface area contributed by atoms with Crippen molar-refractivity contribution in [2.24, 2.45) is 11.8 Å². The van der Waals surface area contributed by atoms with Crippen LogP contribution in [0.1, 0.15) is 30.6 Å². The highest BCUT2D eigenvalue weighted by Crippen LogP contribution is 2.25. The van der Waals surface area contributed by atoms with Gasteiger partial charge >= 0.3 is 0 Å². The van der Waals surface area contributed by atoms with E-state index in [4.69, 9.17) is 0 Å². The predicted octanol–water partition coefficient (Wildman–Crippen LogP) is 3.20. The number of amides is 2. The number of piperidine rings is 1. The van der Waals surface area contributed by atoms with Crippen molar-refractivity contribution in [2.75, 3.05) is 32.0 Å². The van der Waals surface area contributed by atoms with Gasteiger partial charge in [-0.15, -0.1) is 0 Å². The third-order valence-corrected chi connectivity index (χ3v) is 7.29. The van der Waals surface area contributed by atoms with Crippen LogP contribution in [0.2, 0.25) is 0 Å². The molecule has 1 N–H and O–H groups in total. The molecule has 0 aromatic heterocycles. The SMILES string of the molecule is CC1CC(C)CN(C(=O)c2ccccc2NC(=O)CN(C)S(=O)(=O)c2ccc(F)cc2)C1. The van der Waals surface area contributed by atoms with Crippen LogP contribution in [0.3, 0.4) is 0 Å². The number of carbonyl (C=O) groups excluding carboxylic acids is 2. The summed E-state index contributed by atoms with van der Waals surface area (Å²) in [6, 6.07) is 11.1. The molecule has 3 rings (SSSR count). The van der Waals surface area contributed by atoms with Crippen molar-refractivity contribution in [3.05, 3.63) is 59.9 Å². The Hall–Kier alpha value is -2.78. The molecule has 1 saturated heterocycles. The summed E-state index contributed by atoms with van der Waals surface area (Å²) in [7, 11) is -2.70. The van der Waals surface area contributed by atoms with Crippen LogP contribution >= 0.6 is 0 Å². The molecule has 1 heterocycles. The average molecular weight is 462 g/mol. The molecule has 1 aliphatic rings. The van der Waals surface area contributed by atoms with E-state index in [1.54, 1.807) is 29.2 Å². The Balaban J connectivity index is 1.72. The van der Waals surface area contributed by atoms with E-state index in [1.165, 1.54) is 7.05 Å². The molecule has 0 bridgehead atoms. The van der Waals surface area contributed by atoms with Crippen LogP contribution in [0.4, 0.5) is 10.1 Å². The smallest absolute Gasteiger partial charge is 0.255 e. The lowest BCUT2D eigenvalue weighted by Crippen LogP contribution is -2.43. The van der Waals surface area contributed by atoms with Crippen molar-refractivity contribution in [1.29, 1.82) is 0 Å². The summed E-state index contributed by atoms with van der Waals surface area (Å²) in [5, 5.41) is 2.66. The molecule has 0 aliphatic carbocycles. The second-order valence-corrected chi connectivity index (χ2v) is 10.5. The number of hydrogen-bond donors (Lipinski definition) is 1. The lowest BCUT2D eigenvalue weighted by Gasteiger charge is -2.35. The largest absolute Gasteiger partial charge is 0.338 e. The van der Waals surface area contributed by atoms with Crippen LogP contribution in [-0.4, -0.2) is 56.1 Å². The van der Waals surface area contributed by atoms with Gasteiger partial charge in [0, 0.05) is 20.1 Å². The van der Waals surface area contributed by atoms with Gasteiger partial charge < -0.3 is 10.2 Å². The van der Waals surface area contributed by atoms with Gasteiger partial charge in [-0.3, -0.25) is 9.59 Å². The Morgan fingerprint density at radius 3 is 2.28 bits per heavy atom. The molecule has 1 fully saturated rings. The summed E-state index contributed by atoms with van der Waals surface area (Å²) in [6.07, 6.45) is 1.07. The standard InChI is InChI=1S/C23H28FN3O4S/c1-16-12-17(2)14-27(13-16)23(29)20-6-4-5-7-21(20)25-22(28)15-26(3)32(30,31)19-10-8-18(24)9-11-19/h4-11,16-17H,12-15H2,1-3H3,(H,25,28). The molecule has 2 atom stereocenters. The molecule has 2 aromatic carbocycles. The summed E-state index contributed by atoms with van der Waals surface area (Å²) < 4.78 is 39.3. The number of sulfonamides is 1. The Morgan fingerprint density at radius 2 is 1.66 bits per heavy atom.